The first-order chi connectivity index (χ1) is 14.6. The molecule has 0 saturated carbocycles. The smallest absolute Gasteiger partial charge is 0.369 e. The topological polar surface area (TPSA) is 52.7 Å². The number of rotatable bonds is 5. The minimum Gasteiger partial charge on any atom is -0.369 e. The van der Waals surface area contributed by atoms with Crippen LogP contribution in [0.4, 0.5) is 24.5 Å². The van der Waals surface area contributed by atoms with Crippen LogP contribution in [0.1, 0.15) is 29.8 Å². The van der Waals surface area contributed by atoms with Gasteiger partial charge in [0.1, 0.15) is 0 Å². The van der Waals surface area contributed by atoms with E-state index in [1.807, 2.05) is 17.0 Å². The third-order valence-corrected chi connectivity index (χ3v) is 5.66. The van der Waals surface area contributed by atoms with E-state index in [9.17, 15) is 22.8 Å². The largest absolute Gasteiger partial charge is 0.418 e. The maximum atomic E-state index is 13.3. The van der Waals surface area contributed by atoms with Gasteiger partial charge in [0.05, 0.1) is 17.3 Å². The number of Topliss-reactive ketones (excluding diaryl/α,β-unsaturated/α-hetero) is 1. The molecule has 1 amide bonds. The molecular formula is C22H23ClF3N3O2. The number of halogens is 4. The van der Waals surface area contributed by atoms with Crippen molar-refractivity contribution in [2.75, 3.05) is 36.4 Å². The maximum Gasteiger partial charge on any atom is 0.418 e. The Balaban J connectivity index is 1.61. The number of alkyl halides is 3. The molecular weight excluding hydrogens is 431 g/mol. The van der Waals surface area contributed by atoms with E-state index in [1.54, 1.807) is 19.1 Å². The number of carbonyl (C=O) groups excluding carboxylic acids is 2. The second-order valence-corrected chi connectivity index (χ2v) is 7.92. The molecule has 1 aliphatic rings. The number of hydrogen-bond donors (Lipinski definition) is 1. The number of carbonyl (C=O) groups is 2. The number of benzene rings is 2. The average Bonchev–Trinajstić information content (AvgIpc) is 2.74. The summed E-state index contributed by atoms with van der Waals surface area (Å²) in [5.41, 5.74) is 0.350. The summed E-state index contributed by atoms with van der Waals surface area (Å²) >= 11 is 5.69. The molecule has 1 unspecified atom stereocenters. The molecule has 1 N–H and O–H groups in total. The van der Waals surface area contributed by atoms with Crippen LogP contribution in [0, 0.1) is 0 Å². The Morgan fingerprint density at radius 2 is 1.65 bits per heavy atom. The summed E-state index contributed by atoms with van der Waals surface area (Å²) in [6, 6.07) is 10.0. The molecule has 1 atom stereocenters. The van der Waals surface area contributed by atoms with E-state index in [0.717, 1.165) is 11.8 Å². The zero-order chi connectivity index (χ0) is 22.8. The number of hydrogen-bond acceptors (Lipinski definition) is 4. The van der Waals surface area contributed by atoms with Crippen molar-refractivity contribution in [2.45, 2.75) is 26.1 Å². The second kappa shape index (κ2) is 9.28. The Morgan fingerprint density at radius 3 is 2.19 bits per heavy atom. The van der Waals surface area contributed by atoms with Crippen molar-refractivity contribution >= 4 is 34.7 Å². The summed E-state index contributed by atoms with van der Waals surface area (Å²) in [4.78, 5) is 28.1. The zero-order valence-corrected chi connectivity index (χ0v) is 17.9. The molecule has 5 nitrogen and oxygen atoms in total. The summed E-state index contributed by atoms with van der Waals surface area (Å²) in [7, 11) is 0. The van der Waals surface area contributed by atoms with E-state index >= 15 is 0 Å². The van der Waals surface area contributed by atoms with Gasteiger partial charge in [-0.15, -0.1) is 0 Å². The SMILES string of the molecule is CC(=O)c1ccc(N2CCN(C(C)C(=O)Nc3ccc(Cl)cc3C(F)(F)F)CC2)cc1. The van der Waals surface area contributed by atoms with Crippen LogP contribution >= 0.6 is 11.6 Å². The normalized spacial score (nSPS) is 16.1. The second-order valence-electron chi connectivity index (χ2n) is 7.48. The maximum absolute atomic E-state index is 13.3. The van der Waals surface area contributed by atoms with Crippen LogP contribution < -0.4 is 10.2 Å². The Kier molecular flexibility index (Phi) is 6.91. The summed E-state index contributed by atoms with van der Waals surface area (Å²) in [5, 5.41) is 2.35. The van der Waals surface area contributed by atoms with Gasteiger partial charge in [0.15, 0.2) is 5.78 Å². The average molecular weight is 454 g/mol. The Hall–Kier alpha value is -2.58. The van der Waals surface area contributed by atoms with Crippen LogP contribution in [0.5, 0.6) is 0 Å². The molecule has 166 valence electrons. The van der Waals surface area contributed by atoms with E-state index < -0.39 is 23.7 Å². The molecule has 1 fully saturated rings. The molecule has 0 spiro atoms. The lowest BCUT2D eigenvalue weighted by molar-refractivity contribution is -0.137. The minimum absolute atomic E-state index is 0.00516. The van der Waals surface area contributed by atoms with Gasteiger partial charge in [0, 0.05) is 42.5 Å². The monoisotopic (exact) mass is 453 g/mol. The Bertz CT molecular complexity index is 955. The lowest BCUT2D eigenvalue weighted by atomic mass is 10.1. The van der Waals surface area contributed by atoms with Gasteiger partial charge in [0.2, 0.25) is 5.91 Å². The van der Waals surface area contributed by atoms with Crippen molar-refractivity contribution in [3.05, 3.63) is 58.6 Å². The number of nitrogens with zero attached hydrogens (tertiary/aromatic N) is 2. The number of nitrogens with one attached hydrogen (secondary N) is 1. The predicted octanol–water partition coefficient (Wildman–Crippen LogP) is 4.71. The predicted molar refractivity (Wildman–Crippen MR) is 115 cm³/mol. The lowest BCUT2D eigenvalue weighted by Crippen LogP contribution is -2.52. The summed E-state index contributed by atoms with van der Waals surface area (Å²) in [6.45, 7) is 5.67. The molecule has 3 rings (SSSR count). The lowest BCUT2D eigenvalue weighted by Gasteiger charge is -2.38. The highest BCUT2D eigenvalue weighted by Crippen LogP contribution is 2.36. The van der Waals surface area contributed by atoms with E-state index in [1.165, 1.54) is 19.1 Å². The van der Waals surface area contributed by atoms with Crippen molar-refractivity contribution in [3.8, 4) is 0 Å². The molecule has 9 heteroatoms. The number of anilines is 2. The van der Waals surface area contributed by atoms with Crippen LogP contribution in [0.15, 0.2) is 42.5 Å². The highest BCUT2D eigenvalue weighted by Gasteiger charge is 2.35. The first-order valence-corrected chi connectivity index (χ1v) is 10.2. The quantitative estimate of drug-likeness (QED) is 0.666. The zero-order valence-electron chi connectivity index (χ0n) is 17.2. The molecule has 0 radical (unpaired) electrons. The van der Waals surface area contributed by atoms with Crippen LogP contribution in [-0.2, 0) is 11.0 Å². The number of piperazine rings is 1. The third kappa shape index (κ3) is 5.57. The summed E-state index contributed by atoms with van der Waals surface area (Å²) in [6.07, 6.45) is -4.62. The van der Waals surface area contributed by atoms with E-state index in [0.29, 0.717) is 31.7 Å². The van der Waals surface area contributed by atoms with E-state index in [-0.39, 0.29) is 16.5 Å². The van der Waals surface area contributed by atoms with Gasteiger partial charge in [-0.2, -0.15) is 13.2 Å². The van der Waals surface area contributed by atoms with Crippen molar-refractivity contribution < 1.29 is 22.8 Å². The third-order valence-electron chi connectivity index (χ3n) is 5.43. The molecule has 0 aliphatic carbocycles. The molecule has 2 aromatic rings. The number of amides is 1. The van der Waals surface area contributed by atoms with Crippen LogP contribution in [0.25, 0.3) is 0 Å². The van der Waals surface area contributed by atoms with Crippen molar-refractivity contribution in [1.82, 2.24) is 4.90 Å². The fourth-order valence-electron chi connectivity index (χ4n) is 3.54. The van der Waals surface area contributed by atoms with E-state index in [4.69, 9.17) is 11.6 Å². The highest BCUT2D eigenvalue weighted by molar-refractivity contribution is 6.30. The van der Waals surface area contributed by atoms with Gasteiger partial charge in [-0.05, 0) is 56.3 Å². The van der Waals surface area contributed by atoms with Gasteiger partial charge in [-0.1, -0.05) is 11.6 Å². The van der Waals surface area contributed by atoms with Crippen LogP contribution in [0.2, 0.25) is 5.02 Å². The number of ketones is 1. The van der Waals surface area contributed by atoms with E-state index in [2.05, 4.69) is 10.2 Å². The summed E-state index contributed by atoms with van der Waals surface area (Å²) < 4.78 is 39.8. The Morgan fingerprint density at radius 1 is 1.03 bits per heavy atom. The van der Waals surface area contributed by atoms with Gasteiger partial charge in [0.25, 0.3) is 0 Å². The van der Waals surface area contributed by atoms with Crippen molar-refractivity contribution in [1.29, 1.82) is 0 Å². The molecule has 1 saturated heterocycles. The fraction of sp³-hybridized carbons (Fsp3) is 0.364. The Labute approximate surface area is 183 Å². The van der Waals surface area contributed by atoms with Gasteiger partial charge >= 0.3 is 6.18 Å². The van der Waals surface area contributed by atoms with Crippen molar-refractivity contribution in [3.63, 3.8) is 0 Å². The summed E-state index contributed by atoms with van der Waals surface area (Å²) in [5.74, 6) is -0.502. The first-order valence-electron chi connectivity index (χ1n) is 9.84. The molecule has 31 heavy (non-hydrogen) atoms. The molecule has 1 heterocycles. The fourth-order valence-corrected chi connectivity index (χ4v) is 3.71. The van der Waals surface area contributed by atoms with Crippen LogP contribution in [0.3, 0.4) is 0 Å². The molecule has 0 aromatic heterocycles. The molecule has 0 bridgehead atoms. The van der Waals surface area contributed by atoms with Gasteiger partial charge in [-0.3, -0.25) is 14.5 Å². The molecule has 2 aromatic carbocycles. The van der Waals surface area contributed by atoms with Gasteiger partial charge < -0.3 is 10.2 Å². The van der Waals surface area contributed by atoms with Crippen molar-refractivity contribution in [2.24, 2.45) is 0 Å². The highest BCUT2D eigenvalue weighted by atomic mass is 35.5. The molecule has 1 aliphatic heterocycles. The van der Waals surface area contributed by atoms with Crippen LogP contribution in [-0.4, -0.2) is 48.8 Å². The minimum atomic E-state index is -4.62. The first kappa shape index (κ1) is 23.1. The standard InChI is InChI=1S/C22H23ClF3N3O2/c1-14(21(31)27-20-8-5-17(23)13-19(20)22(24,25)26)28-9-11-29(12-10-28)18-6-3-16(4-7-18)15(2)30/h3-8,13-14H,9-12H2,1-2H3,(H,27,31). The van der Waals surface area contributed by atoms with Gasteiger partial charge in [-0.25, -0.2) is 0 Å².